The molecule has 1 N–H and O–H groups in total. The van der Waals surface area contributed by atoms with Crippen LogP contribution in [-0.4, -0.2) is 29.1 Å². The van der Waals surface area contributed by atoms with E-state index in [1.807, 2.05) is 38.1 Å². The topological polar surface area (TPSA) is 73.2 Å². The summed E-state index contributed by atoms with van der Waals surface area (Å²) in [6, 6.07) is 7.68. The predicted octanol–water partition coefficient (Wildman–Crippen LogP) is 2.89. The second kappa shape index (κ2) is 7.29. The summed E-state index contributed by atoms with van der Waals surface area (Å²) in [4.78, 5) is 31.1. The average Bonchev–Trinajstić information content (AvgIpc) is 2.95. The summed E-state index contributed by atoms with van der Waals surface area (Å²) < 4.78 is 6.91. The predicted molar refractivity (Wildman–Crippen MR) is 104 cm³/mol. The molecule has 0 unspecified atom stereocenters. The van der Waals surface area contributed by atoms with Gasteiger partial charge in [0.1, 0.15) is 22.9 Å². The van der Waals surface area contributed by atoms with Crippen molar-refractivity contribution in [3.63, 3.8) is 0 Å². The Morgan fingerprint density at radius 2 is 1.96 bits per heavy atom. The Balaban J connectivity index is 2.19. The minimum absolute atomic E-state index is 0.0400. The highest BCUT2D eigenvalue weighted by Gasteiger charge is 2.19. The maximum Gasteiger partial charge on any atom is 0.263 e. The fourth-order valence-electron chi connectivity index (χ4n) is 2.94. The molecule has 0 aliphatic rings. The van der Waals surface area contributed by atoms with Crippen LogP contribution in [0.1, 0.15) is 17.6 Å². The maximum absolute atomic E-state index is 13.1. The molecule has 2 heterocycles. The van der Waals surface area contributed by atoms with E-state index in [1.165, 1.54) is 15.9 Å². The molecule has 0 aliphatic carbocycles. The fourth-order valence-corrected chi connectivity index (χ4v) is 4.02. The van der Waals surface area contributed by atoms with Crippen molar-refractivity contribution in [3.05, 3.63) is 45.3 Å². The van der Waals surface area contributed by atoms with Crippen molar-refractivity contribution >= 4 is 27.5 Å². The Kier molecular flexibility index (Phi) is 5.08. The van der Waals surface area contributed by atoms with Crippen molar-refractivity contribution in [3.8, 4) is 16.9 Å². The van der Waals surface area contributed by atoms with Crippen molar-refractivity contribution in [2.24, 2.45) is 0 Å². The van der Waals surface area contributed by atoms with Crippen LogP contribution < -0.4 is 15.6 Å². The van der Waals surface area contributed by atoms with E-state index in [-0.39, 0.29) is 18.0 Å². The van der Waals surface area contributed by atoms with Crippen LogP contribution in [0.2, 0.25) is 0 Å². The quantitative estimate of drug-likeness (QED) is 0.748. The Morgan fingerprint density at radius 1 is 1.27 bits per heavy atom. The van der Waals surface area contributed by atoms with Crippen molar-refractivity contribution in [2.75, 3.05) is 13.7 Å². The normalized spacial score (nSPS) is 10.9. The van der Waals surface area contributed by atoms with Gasteiger partial charge in [0.05, 0.1) is 12.0 Å². The molecule has 3 rings (SSSR count). The monoisotopic (exact) mass is 371 g/mol. The summed E-state index contributed by atoms with van der Waals surface area (Å²) in [6.45, 7) is 6.23. The molecule has 7 heteroatoms. The SMILES string of the molecule is CCOc1ccc(-c2c(C)sc3nc(C)n(CC(=O)NC)c(=O)c23)cc1. The number of fused-ring (bicyclic) bond motifs is 1. The number of benzene rings is 1. The smallest absolute Gasteiger partial charge is 0.263 e. The van der Waals surface area contributed by atoms with Crippen LogP contribution in [0.15, 0.2) is 29.1 Å². The second-order valence-electron chi connectivity index (χ2n) is 5.89. The molecular weight excluding hydrogens is 350 g/mol. The number of aryl methyl sites for hydroxylation is 2. The summed E-state index contributed by atoms with van der Waals surface area (Å²) in [6.07, 6.45) is 0. The van der Waals surface area contributed by atoms with Gasteiger partial charge < -0.3 is 10.1 Å². The van der Waals surface area contributed by atoms with E-state index >= 15 is 0 Å². The van der Waals surface area contributed by atoms with Crippen molar-refractivity contribution < 1.29 is 9.53 Å². The van der Waals surface area contributed by atoms with E-state index in [1.54, 1.807) is 14.0 Å². The Labute approximate surface area is 155 Å². The number of hydrogen-bond donors (Lipinski definition) is 1. The molecule has 0 radical (unpaired) electrons. The van der Waals surface area contributed by atoms with E-state index in [0.29, 0.717) is 22.6 Å². The van der Waals surface area contributed by atoms with Crippen LogP contribution in [0, 0.1) is 13.8 Å². The Morgan fingerprint density at radius 3 is 2.58 bits per heavy atom. The second-order valence-corrected chi connectivity index (χ2v) is 7.10. The van der Waals surface area contributed by atoms with Crippen LogP contribution in [0.5, 0.6) is 5.75 Å². The average molecular weight is 371 g/mol. The number of amides is 1. The first-order valence-corrected chi connectivity index (χ1v) is 9.22. The van der Waals surface area contributed by atoms with E-state index < -0.39 is 0 Å². The van der Waals surface area contributed by atoms with Gasteiger partial charge >= 0.3 is 0 Å². The first-order chi connectivity index (χ1) is 12.5. The lowest BCUT2D eigenvalue weighted by Crippen LogP contribution is -2.32. The van der Waals surface area contributed by atoms with Gasteiger partial charge in [-0.15, -0.1) is 11.3 Å². The summed E-state index contributed by atoms with van der Waals surface area (Å²) in [5.74, 6) is 1.09. The number of thiophene rings is 1. The van der Waals surface area contributed by atoms with Crippen molar-refractivity contribution in [2.45, 2.75) is 27.3 Å². The van der Waals surface area contributed by atoms with Crippen molar-refractivity contribution in [1.82, 2.24) is 14.9 Å². The lowest BCUT2D eigenvalue weighted by Gasteiger charge is -2.10. The van der Waals surface area contributed by atoms with Gasteiger partial charge in [0.25, 0.3) is 5.56 Å². The van der Waals surface area contributed by atoms with Gasteiger partial charge in [-0.3, -0.25) is 14.2 Å². The highest BCUT2D eigenvalue weighted by Crippen LogP contribution is 2.36. The molecule has 1 amide bonds. The van der Waals surface area contributed by atoms with Gasteiger partial charge in [-0.05, 0) is 38.5 Å². The molecule has 0 bridgehead atoms. The van der Waals surface area contributed by atoms with Crippen LogP contribution in [0.25, 0.3) is 21.3 Å². The lowest BCUT2D eigenvalue weighted by molar-refractivity contribution is -0.121. The van der Waals surface area contributed by atoms with Gasteiger partial charge in [-0.2, -0.15) is 0 Å². The fraction of sp³-hybridized carbons (Fsp3) is 0.316. The van der Waals surface area contributed by atoms with Crippen molar-refractivity contribution in [1.29, 1.82) is 0 Å². The van der Waals surface area contributed by atoms with Crippen LogP contribution >= 0.6 is 11.3 Å². The minimum Gasteiger partial charge on any atom is -0.494 e. The largest absolute Gasteiger partial charge is 0.494 e. The van der Waals surface area contributed by atoms with E-state index in [4.69, 9.17) is 4.74 Å². The number of likely N-dealkylation sites (N-methyl/N-ethyl adjacent to an activating group) is 1. The zero-order valence-corrected chi connectivity index (χ0v) is 16.1. The van der Waals surface area contributed by atoms with Gasteiger partial charge in [-0.25, -0.2) is 4.98 Å². The number of carbonyl (C=O) groups excluding carboxylic acids is 1. The number of aromatic nitrogens is 2. The molecule has 0 aliphatic heterocycles. The molecular formula is C19H21N3O3S. The number of nitrogens with zero attached hydrogens (tertiary/aromatic N) is 2. The van der Waals surface area contributed by atoms with E-state index in [2.05, 4.69) is 10.3 Å². The number of rotatable bonds is 5. The third kappa shape index (κ3) is 3.22. The zero-order valence-electron chi connectivity index (χ0n) is 15.3. The molecule has 2 aromatic heterocycles. The van der Waals surface area contributed by atoms with Gasteiger partial charge in [0.2, 0.25) is 5.91 Å². The lowest BCUT2D eigenvalue weighted by atomic mass is 10.0. The Hall–Kier alpha value is -2.67. The molecule has 0 saturated carbocycles. The van der Waals surface area contributed by atoms with E-state index in [0.717, 1.165) is 21.8 Å². The van der Waals surface area contributed by atoms with Crippen LogP contribution in [0.3, 0.4) is 0 Å². The van der Waals surface area contributed by atoms with Crippen LogP contribution in [-0.2, 0) is 11.3 Å². The standard InChI is InChI=1S/C19H21N3O3S/c1-5-25-14-8-6-13(7-9-14)16-11(2)26-18-17(16)19(24)22(12(3)21-18)10-15(23)20-4/h6-9H,5,10H2,1-4H3,(H,20,23). The Bertz CT molecular complexity index is 1020. The molecule has 3 aromatic rings. The van der Waals surface area contributed by atoms with E-state index in [9.17, 15) is 9.59 Å². The molecule has 6 nitrogen and oxygen atoms in total. The molecule has 0 spiro atoms. The molecule has 0 saturated heterocycles. The maximum atomic E-state index is 13.1. The van der Waals surface area contributed by atoms with Gasteiger partial charge in [-0.1, -0.05) is 12.1 Å². The minimum atomic E-state index is -0.231. The highest BCUT2D eigenvalue weighted by molar-refractivity contribution is 7.19. The number of carbonyl (C=O) groups is 1. The number of nitrogens with one attached hydrogen (secondary N) is 1. The number of hydrogen-bond acceptors (Lipinski definition) is 5. The highest BCUT2D eigenvalue weighted by atomic mass is 32.1. The molecule has 26 heavy (non-hydrogen) atoms. The molecule has 1 aromatic carbocycles. The van der Waals surface area contributed by atoms with Gasteiger partial charge in [0, 0.05) is 17.5 Å². The summed E-state index contributed by atoms with van der Waals surface area (Å²) in [7, 11) is 1.55. The first-order valence-electron chi connectivity index (χ1n) is 8.40. The van der Waals surface area contributed by atoms with Crippen LogP contribution in [0.4, 0.5) is 0 Å². The first kappa shape index (κ1) is 18.1. The third-order valence-corrected chi connectivity index (χ3v) is 5.21. The van der Waals surface area contributed by atoms with Gasteiger partial charge in [0.15, 0.2) is 0 Å². The molecule has 136 valence electrons. The molecule has 0 fully saturated rings. The summed E-state index contributed by atoms with van der Waals surface area (Å²) in [5, 5.41) is 3.11. The number of ether oxygens (including phenoxy) is 1. The third-order valence-electron chi connectivity index (χ3n) is 4.21. The summed E-state index contributed by atoms with van der Waals surface area (Å²) in [5.41, 5.74) is 1.62. The zero-order chi connectivity index (χ0) is 18.8. The summed E-state index contributed by atoms with van der Waals surface area (Å²) >= 11 is 1.49. The molecule has 0 atom stereocenters.